The molecular formula is C53H36N4S. The summed E-state index contributed by atoms with van der Waals surface area (Å²) >= 11 is 1.86. The number of aromatic nitrogens is 3. The second kappa shape index (κ2) is 12.3. The summed E-state index contributed by atoms with van der Waals surface area (Å²) in [5.41, 5.74) is 12.0. The fraction of sp³-hybridized carbons (Fsp3) is 0.0755. The normalized spacial score (nSPS) is 16.4. The molecule has 5 heterocycles. The van der Waals surface area contributed by atoms with E-state index in [2.05, 4.69) is 196 Å². The molecule has 0 bridgehead atoms. The molecule has 0 fully saturated rings. The molecule has 0 amide bonds. The molecule has 4 aromatic heterocycles. The monoisotopic (exact) mass is 760 g/mol. The van der Waals surface area contributed by atoms with Gasteiger partial charge in [-0.05, 0) is 91.2 Å². The predicted molar refractivity (Wildman–Crippen MR) is 245 cm³/mol. The Balaban J connectivity index is 1.01. The van der Waals surface area contributed by atoms with Gasteiger partial charge in [-0.3, -0.25) is 0 Å². The van der Waals surface area contributed by atoms with Crippen molar-refractivity contribution in [1.29, 1.82) is 0 Å². The highest BCUT2D eigenvalue weighted by atomic mass is 32.1. The van der Waals surface area contributed by atoms with E-state index in [1.54, 1.807) is 0 Å². The second-order valence-electron chi connectivity index (χ2n) is 15.8. The summed E-state index contributed by atoms with van der Waals surface area (Å²) in [6.07, 6.45) is 7.01. The van der Waals surface area contributed by atoms with E-state index in [4.69, 9.17) is 4.98 Å². The molecule has 274 valence electrons. The Hall–Kier alpha value is -6.95. The van der Waals surface area contributed by atoms with Crippen LogP contribution in [0.2, 0.25) is 0 Å². The molecule has 0 N–H and O–H groups in total. The average molecular weight is 761 g/mol. The van der Waals surface area contributed by atoms with Crippen LogP contribution in [0.1, 0.15) is 24.3 Å². The first-order valence-electron chi connectivity index (χ1n) is 20.3. The molecule has 1 aliphatic heterocycles. The van der Waals surface area contributed by atoms with E-state index < -0.39 is 0 Å². The summed E-state index contributed by atoms with van der Waals surface area (Å²) < 4.78 is 7.53. The summed E-state index contributed by atoms with van der Waals surface area (Å²) in [6, 6.07) is 62.7. The number of thiophene rings is 1. The van der Waals surface area contributed by atoms with Crippen molar-refractivity contribution in [3.8, 4) is 22.6 Å². The minimum Gasteiger partial charge on any atom is -0.317 e. The fourth-order valence-corrected chi connectivity index (χ4v) is 11.4. The number of hydrogen-bond acceptors (Lipinski definition) is 3. The minimum atomic E-state index is 0.185. The first-order chi connectivity index (χ1) is 28.8. The molecule has 58 heavy (non-hydrogen) atoms. The number of benzene rings is 7. The van der Waals surface area contributed by atoms with Crippen molar-refractivity contribution in [3.63, 3.8) is 0 Å². The Morgan fingerprint density at radius 2 is 1.16 bits per heavy atom. The molecule has 11 aromatic rings. The van der Waals surface area contributed by atoms with Crippen LogP contribution in [0, 0.1) is 0 Å². The quantitative estimate of drug-likeness (QED) is 0.167. The molecule has 0 saturated carbocycles. The third-order valence-corrected chi connectivity index (χ3v) is 13.9. The molecule has 7 aromatic carbocycles. The number of allylic oxidation sites excluding steroid dienone is 1. The van der Waals surface area contributed by atoms with Crippen LogP contribution in [0.3, 0.4) is 0 Å². The van der Waals surface area contributed by atoms with Crippen LogP contribution in [0.4, 0.5) is 11.5 Å². The highest BCUT2D eigenvalue weighted by Gasteiger charge is 2.41. The number of fused-ring (bicyclic) bond motifs is 13. The zero-order valence-electron chi connectivity index (χ0n) is 31.6. The molecule has 2 atom stereocenters. The third kappa shape index (κ3) is 4.53. The van der Waals surface area contributed by atoms with Crippen LogP contribution in [0.25, 0.3) is 86.4 Å². The topological polar surface area (TPSA) is 26.0 Å². The molecule has 2 unspecified atom stereocenters. The molecular weight excluding hydrogens is 725 g/mol. The van der Waals surface area contributed by atoms with Crippen LogP contribution in [0.15, 0.2) is 182 Å². The van der Waals surface area contributed by atoms with Crippen molar-refractivity contribution in [2.45, 2.75) is 24.8 Å². The highest BCUT2D eigenvalue weighted by Crippen LogP contribution is 2.53. The van der Waals surface area contributed by atoms with Crippen molar-refractivity contribution >= 4 is 86.6 Å². The van der Waals surface area contributed by atoms with Crippen molar-refractivity contribution in [3.05, 3.63) is 188 Å². The smallest absolute Gasteiger partial charge is 0.134 e. The lowest BCUT2D eigenvalue weighted by Crippen LogP contribution is -2.30. The Bertz CT molecular complexity index is 3440. The Morgan fingerprint density at radius 1 is 0.517 bits per heavy atom. The maximum atomic E-state index is 5.52. The Kier molecular flexibility index (Phi) is 6.81. The van der Waals surface area contributed by atoms with Gasteiger partial charge < -0.3 is 14.0 Å². The maximum Gasteiger partial charge on any atom is 0.134 e. The van der Waals surface area contributed by atoms with Crippen molar-refractivity contribution in [1.82, 2.24) is 14.1 Å². The van der Waals surface area contributed by atoms with Gasteiger partial charge in [0.25, 0.3) is 0 Å². The van der Waals surface area contributed by atoms with Crippen molar-refractivity contribution in [2.24, 2.45) is 0 Å². The molecule has 5 heteroatoms. The van der Waals surface area contributed by atoms with Gasteiger partial charge in [0.2, 0.25) is 0 Å². The van der Waals surface area contributed by atoms with Gasteiger partial charge in [0.1, 0.15) is 5.82 Å². The van der Waals surface area contributed by atoms with Crippen LogP contribution < -0.4 is 4.90 Å². The minimum absolute atomic E-state index is 0.185. The van der Waals surface area contributed by atoms with Gasteiger partial charge in [-0.1, -0.05) is 109 Å². The van der Waals surface area contributed by atoms with E-state index in [-0.39, 0.29) is 6.04 Å². The van der Waals surface area contributed by atoms with Gasteiger partial charge in [0, 0.05) is 64.6 Å². The lowest BCUT2D eigenvalue weighted by Gasteiger charge is -2.30. The van der Waals surface area contributed by atoms with Crippen LogP contribution >= 0.6 is 11.3 Å². The van der Waals surface area contributed by atoms with Gasteiger partial charge in [0.15, 0.2) is 0 Å². The van der Waals surface area contributed by atoms with E-state index in [1.807, 2.05) is 11.3 Å². The largest absolute Gasteiger partial charge is 0.317 e. The average Bonchev–Trinajstić information content (AvgIpc) is 4.03. The van der Waals surface area contributed by atoms with E-state index in [9.17, 15) is 0 Å². The van der Waals surface area contributed by atoms with E-state index >= 15 is 0 Å². The second-order valence-corrected chi connectivity index (χ2v) is 16.9. The first-order valence-corrected chi connectivity index (χ1v) is 21.1. The molecule has 1 aliphatic carbocycles. The molecule has 0 saturated heterocycles. The number of para-hydroxylation sites is 3. The number of nitrogens with zero attached hydrogens (tertiary/aromatic N) is 4. The standard InChI is InChI=1S/C53H36N4S/c1-6-18-45-36(12-1)37-13-2-7-19-46(37)55(45)34-25-27-35(28-26-34)56-47-20-8-3-14-38(47)41-29-30-42-39-15-4-9-21-48(39)57(53(42)52(41)56)51-23-11-17-44(54-51)33-24-31-50-43(32-33)40-16-5-10-22-49(40)58-50/h1-3,5-14,16-32,39,48H,4,15H2. The lowest BCUT2D eigenvalue weighted by atomic mass is 9.86. The number of anilines is 2. The highest BCUT2D eigenvalue weighted by molar-refractivity contribution is 7.25. The summed E-state index contributed by atoms with van der Waals surface area (Å²) in [5, 5.41) is 7.67. The van der Waals surface area contributed by atoms with Gasteiger partial charge in [-0.15, -0.1) is 11.3 Å². The van der Waals surface area contributed by atoms with Gasteiger partial charge in [0.05, 0.1) is 39.5 Å². The summed E-state index contributed by atoms with van der Waals surface area (Å²) in [5.74, 6) is 1.37. The zero-order chi connectivity index (χ0) is 37.9. The lowest BCUT2D eigenvalue weighted by molar-refractivity contribution is 0.571. The Labute approximate surface area is 339 Å². The molecule has 2 aliphatic rings. The summed E-state index contributed by atoms with van der Waals surface area (Å²) in [7, 11) is 0. The summed E-state index contributed by atoms with van der Waals surface area (Å²) in [4.78, 5) is 8.08. The number of rotatable bonds is 4. The van der Waals surface area contributed by atoms with Gasteiger partial charge >= 0.3 is 0 Å². The van der Waals surface area contributed by atoms with Crippen LogP contribution in [-0.2, 0) is 0 Å². The van der Waals surface area contributed by atoms with Gasteiger partial charge in [-0.2, -0.15) is 0 Å². The zero-order valence-corrected chi connectivity index (χ0v) is 32.4. The molecule has 4 nitrogen and oxygen atoms in total. The fourth-order valence-electron chi connectivity index (χ4n) is 10.3. The predicted octanol–water partition coefficient (Wildman–Crippen LogP) is 14.3. The first kappa shape index (κ1) is 32.2. The van der Waals surface area contributed by atoms with E-state index in [0.29, 0.717) is 5.92 Å². The number of hydrogen-bond donors (Lipinski definition) is 0. The maximum absolute atomic E-state index is 5.52. The Morgan fingerprint density at radius 3 is 1.91 bits per heavy atom. The van der Waals surface area contributed by atoms with Crippen molar-refractivity contribution in [2.75, 3.05) is 4.90 Å². The van der Waals surface area contributed by atoms with Gasteiger partial charge in [-0.25, -0.2) is 4.98 Å². The third-order valence-electron chi connectivity index (χ3n) is 12.8. The molecule has 13 rings (SSSR count). The van der Waals surface area contributed by atoms with E-state index in [0.717, 1.165) is 41.3 Å². The summed E-state index contributed by atoms with van der Waals surface area (Å²) in [6.45, 7) is 0. The van der Waals surface area contributed by atoms with Crippen molar-refractivity contribution < 1.29 is 0 Å². The van der Waals surface area contributed by atoms with Crippen LogP contribution in [0.5, 0.6) is 0 Å². The van der Waals surface area contributed by atoms with Crippen LogP contribution in [-0.4, -0.2) is 20.2 Å². The van der Waals surface area contributed by atoms with E-state index in [1.165, 1.54) is 75.0 Å². The SMILES string of the molecule is C1=CC2C(CC1)c1ccc3c4ccccc4n(-c4ccc(-n5c6ccccc6c6ccccc65)cc4)c3c1N2c1cccc(-c2ccc3sc4ccccc4c3c2)n1. The molecule has 0 spiro atoms. The number of pyridine rings is 1. The molecule has 0 radical (unpaired) electrons.